The Balaban J connectivity index is 2.22. The fourth-order valence-corrected chi connectivity index (χ4v) is 2.01. The van der Waals surface area contributed by atoms with Gasteiger partial charge in [-0.2, -0.15) is 0 Å². The quantitative estimate of drug-likeness (QED) is 0.716. The number of nitrogens with one attached hydrogen (secondary N) is 1. The number of amides is 1. The summed E-state index contributed by atoms with van der Waals surface area (Å²) in [5.41, 5.74) is 5.70. The number of hydrogen-bond donors (Lipinski definition) is 2. The highest BCUT2D eigenvalue weighted by atomic mass is 16.1. The zero-order chi connectivity index (χ0) is 12.1. The number of nitrogens with zero attached hydrogens (tertiary/aromatic N) is 1. The van der Waals surface area contributed by atoms with Crippen molar-refractivity contribution in [2.24, 2.45) is 17.6 Å². The van der Waals surface area contributed by atoms with Crippen LogP contribution >= 0.6 is 0 Å². The van der Waals surface area contributed by atoms with Gasteiger partial charge >= 0.3 is 0 Å². The van der Waals surface area contributed by atoms with Gasteiger partial charge in [-0.25, -0.2) is 0 Å². The van der Waals surface area contributed by atoms with Gasteiger partial charge in [0.25, 0.3) is 0 Å². The molecule has 3 unspecified atom stereocenters. The smallest absolute Gasteiger partial charge is 0.224 e. The van der Waals surface area contributed by atoms with E-state index in [9.17, 15) is 4.79 Å². The molecule has 0 aromatic rings. The topological polar surface area (TPSA) is 58.4 Å². The summed E-state index contributed by atoms with van der Waals surface area (Å²) in [7, 11) is 0. The molecule has 1 heterocycles. The van der Waals surface area contributed by atoms with E-state index < -0.39 is 0 Å². The first-order valence-electron chi connectivity index (χ1n) is 6.30. The molecule has 4 heteroatoms. The molecule has 1 aliphatic rings. The van der Waals surface area contributed by atoms with Gasteiger partial charge in [0, 0.05) is 25.0 Å². The van der Waals surface area contributed by atoms with Gasteiger partial charge in [0.2, 0.25) is 5.91 Å². The van der Waals surface area contributed by atoms with Gasteiger partial charge in [-0.1, -0.05) is 13.8 Å². The van der Waals surface area contributed by atoms with Crippen molar-refractivity contribution in [3.63, 3.8) is 0 Å². The molecule has 0 radical (unpaired) electrons. The lowest BCUT2D eigenvalue weighted by Gasteiger charge is -2.18. The van der Waals surface area contributed by atoms with Crippen LogP contribution in [0.1, 0.15) is 27.2 Å². The first-order chi connectivity index (χ1) is 7.54. The van der Waals surface area contributed by atoms with Crippen LogP contribution < -0.4 is 11.1 Å². The van der Waals surface area contributed by atoms with Crippen LogP contribution in [0.25, 0.3) is 0 Å². The van der Waals surface area contributed by atoms with Crippen LogP contribution in [-0.2, 0) is 4.79 Å². The number of carbonyl (C=O) groups is 1. The molecule has 0 aromatic carbocycles. The Labute approximate surface area is 98.6 Å². The van der Waals surface area contributed by atoms with Crippen molar-refractivity contribution in [1.82, 2.24) is 10.2 Å². The Morgan fingerprint density at radius 3 is 2.75 bits per heavy atom. The summed E-state index contributed by atoms with van der Waals surface area (Å²) in [5.74, 6) is 0.609. The molecular weight excluding hydrogens is 202 g/mol. The zero-order valence-electron chi connectivity index (χ0n) is 10.7. The van der Waals surface area contributed by atoms with Crippen LogP contribution in [0.5, 0.6) is 0 Å². The van der Waals surface area contributed by atoms with Gasteiger partial charge < -0.3 is 16.0 Å². The number of nitrogens with two attached hydrogens (primary N) is 1. The lowest BCUT2D eigenvalue weighted by atomic mass is 10.0. The standard InChI is InChI=1S/C12H25N3O/c1-4-15-6-5-11(8-15)7-14-12(16)9(2)10(3)13/h9-11H,4-8,13H2,1-3H3,(H,14,16). The molecule has 1 fully saturated rings. The molecule has 94 valence electrons. The van der Waals surface area contributed by atoms with Crippen molar-refractivity contribution in [3.8, 4) is 0 Å². The van der Waals surface area contributed by atoms with Crippen LogP contribution in [0, 0.1) is 11.8 Å². The lowest BCUT2D eigenvalue weighted by Crippen LogP contribution is -2.40. The molecule has 1 aliphatic heterocycles. The largest absolute Gasteiger partial charge is 0.355 e. The maximum Gasteiger partial charge on any atom is 0.224 e. The molecule has 3 N–H and O–H groups in total. The minimum absolute atomic E-state index is 0.0734. The molecule has 0 bridgehead atoms. The zero-order valence-corrected chi connectivity index (χ0v) is 10.7. The summed E-state index contributed by atoms with van der Waals surface area (Å²) in [4.78, 5) is 14.1. The van der Waals surface area contributed by atoms with Crippen LogP contribution in [0.3, 0.4) is 0 Å². The van der Waals surface area contributed by atoms with Gasteiger partial charge in [0.1, 0.15) is 0 Å². The third kappa shape index (κ3) is 3.76. The van der Waals surface area contributed by atoms with E-state index in [4.69, 9.17) is 5.73 Å². The van der Waals surface area contributed by atoms with Gasteiger partial charge in [0.05, 0.1) is 0 Å². The molecule has 0 spiro atoms. The van der Waals surface area contributed by atoms with E-state index in [2.05, 4.69) is 17.1 Å². The molecule has 4 nitrogen and oxygen atoms in total. The van der Waals surface area contributed by atoms with Crippen LogP contribution in [0.2, 0.25) is 0 Å². The van der Waals surface area contributed by atoms with E-state index in [0.29, 0.717) is 5.92 Å². The number of rotatable bonds is 5. The fourth-order valence-electron chi connectivity index (χ4n) is 2.01. The molecule has 3 atom stereocenters. The Bertz CT molecular complexity index is 230. The van der Waals surface area contributed by atoms with Crippen molar-refractivity contribution in [2.75, 3.05) is 26.2 Å². The maximum absolute atomic E-state index is 11.7. The minimum atomic E-state index is -0.0938. The Kier molecular flexibility index (Phi) is 5.22. The number of likely N-dealkylation sites (tertiary alicyclic amines) is 1. The van der Waals surface area contributed by atoms with Crippen LogP contribution in [-0.4, -0.2) is 43.0 Å². The maximum atomic E-state index is 11.7. The van der Waals surface area contributed by atoms with E-state index in [1.807, 2.05) is 13.8 Å². The predicted octanol–water partition coefficient (Wildman–Crippen LogP) is 0.428. The fraction of sp³-hybridized carbons (Fsp3) is 0.917. The first-order valence-corrected chi connectivity index (χ1v) is 6.30. The molecule has 0 aliphatic carbocycles. The van der Waals surface area contributed by atoms with E-state index in [0.717, 1.165) is 19.6 Å². The highest BCUT2D eigenvalue weighted by Crippen LogP contribution is 2.14. The minimum Gasteiger partial charge on any atom is -0.355 e. The highest BCUT2D eigenvalue weighted by Gasteiger charge is 2.23. The van der Waals surface area contributed by atoms with E-state index >= 15 is 0 Å². The second-order valence-corrected chi connectivity index (χ2v) is 4.94. The molecule has 0 aromatic heterocycles. The second-order valence-electron chi connectivity index (χ2n) is 4.94. The average molecular weight is 227 g/mol. The van der Waals surface area contributed by atoms with Crippen molar-refractivity contribution in [1.29, 1.82) is 0 Å². The van der Waals surface area contributed by atoms with Crippen molar-refractivity contribution < 1.29 is 4.79 Å². The highest BCUT2D eigenvalue weighted by molar-refractivity contribution is 5.78. The summed E-state index contributed by atoms with van der Waals surface area (Å²) in [6, 6.07) is -0.0734. The predicted molar refractivity (Wildman–Crippen MR) is 66.0 cm³/mol. The van der Waals surface area contributed by atoms with E-state index in [-0.39, 0.29) is 17.9 Å². The first kappa shape index (κ1) is 13.5. The second kappa shape index (κ2) is 6.21. The summed E-state index contributed by atoms with van der Waals surface area (Å²) in [6.45, 7) is 10.1. The average Bonchev–Trinajstić information content (AvgIpc) is 2.72. The van der Waals surface area contributed by atoms with Crippen molar-refractivity contribution in [2.45, 2.75) is 33.2 Å². The molecular formula is C12H25N3O. The van der Waals surface area contributed by atoms with Gasteiger partial charge in [0.15, 0.2) is 0 Å². The third-order valence-corrected chi connectivity index (χ3v) is 3.58. The Hall–Kier alpha value is -0.610. The Morgan fingerprint density at radius 2 is 2.25 bits per heavy atom. The van der Waals surface area contributed by atoms with Crippen LogP contribution in [0.4, 0.5) is 0 Å². The van der Waals surface area contributed by atoms with Gasteiger partial charge in [-0.3, -0.25) is 4.79 Å². The summed E-state index contributed by atoms with van der Waals surface area (Å²) < 4.78 is 0. The van der Waals surface area contributed by atoms with Crippen molar-refractivity contribution >= 4 is 5.91 Å². The lowest BCUT2D eigenvalue weighted by molar-refractivity contribution is -0.125. The molecule has 1 saturated heterocycles. The molecule has 0 saturated carbocycles. The molecule has 1 rings (SSSR count). The normalized spacial score (nSPS) is 25.4. The van der Waals surface area contributed by atoms with Crippen molar-refractivity contribution in [3.05, 3.63) is 0 Å². The Morgan fingerprint density at radius 1 is 1.56 bits per heavy atom. The number of hydrogen-bond acceptors (Lipinski definition) is 3. The monoisotopic (exact) mass is 227 g/mol. The van der Waals surface area contributed by atoms with E-state index in [1.54, 1.807) is 0 Å². The molecule has 16 heavy (non-hydrogen) atoms. The summed E-state index contributed by atoms with van der Waals surface area (Å²) >= 11 is 0. The van der Waals surface area contributed by atoms with Gasteiger partial charge in [-0.05, 0) is 32.4 Å². The SMILES string of the molecule is CCN1CCC(CNC(=O)C(C)C(C)N)C1. The van der Waals surface area contributed by atoms with E-state index in [1.165, 1.54) is 13.0 Å². The molecule has 1 amide bonds. The van der Waals surface area contributed by atoms with Crippen LogP contribution in [0.15, 0.2) is 0 Å². The van der Waals surface area contributed by atoms with Gasteiger partial charge in [-0.15, -0.1) is 0 Å². The summed E-state index contributed by atoms with van der Waals surface area (Å²) in [6.07, 6.45) is 1.20. The third-order valence-electron chi connectivity index (χ3n) is 3.58. The number of carbonyl (C=O) groups excluding carboxylic acids is 1. The summed E-state index contributed by atoms with van der Waals surface area (Å²) in [5, 5.41) is 3.00.